The minimum Gasteiger partial charge on any atom is -0.232 e. The Morgan fingerprint density at radius 1 is 0.906 bits per heavy atom. The van der Waals surface area contributed by atoms with E-state index in [1.54, 1.807) is 13.8 Å². The van der Waals surface area contributed by atoms with Crippen LogP contribution >= 0.6 is 0 Å². The van der Waals surface area contributed by atoms with E-state index in [-0.39, 0.29) is 16.5 Å². The minimum absolute atomic E-state index is 0.0778. The molecule has 0 saturated carbocycles. The largest absolute Gasteiger partial charge is 0.435 e. The van der Waals surface area contributed by atoms with Gasteiger partial charge in [0.25, 0.3) is 0 Å². The second kappa shape index (κ2) is 7.93. The van der Waals surface area contributed by atoms with Crippen molar-refractivity contribution in [2.24, 2.45) is 5.14 Å². The number of hydrogen-bond acceptors (Lipinski definition) is 3. The normalized spacial score (nSPS) is 13.1. The quantitative estimate of drug-likeness (QED) is 0.515. The summed E-state index contributed by atoms with van der Waals surface area (Å²) in [6.45, 7) is 3.47. The molecule has 0 aliphatic carbocycles. The summed E-state index contributed by atoms with van der Waals surface area (Å²) < 4.78 is 105. The highest BCUT2D eigenvalue weighted by molar-refractivity contribution is 7.89. The van der Waals surface area contributed by atoms with Crippen LogP contribution in [0.3, 0.4) is 0 Å². The van der Waals surface area contributed by atoms with E-state index in [2.05, 4.69) is 5.10 Å². The van der Waals surface area contributed by atoms with Crippen LogP contribution in [-0.4, -0.2) is 18.2 Å². The molecule has 2 N–H and O–H groups in total. The number of sulfonamides is 1. The Morgan fingerprint density at radius 2 is 1.50 bits per heavy atom. The molecule has 0 bridgehead atoms. The number of aromatic nitrogens is 2. The molecule has 0 amide bonds. The molecule has 0 unspecified atom stereocenters. The summed E-state index contributed by atoms with van der Waals surface area (Å²) >= 11 is 0. The van der Waals surface area contributed by atoms with E-state index in [4.69, 9.17) is 5.14 Å². The van der Waals surface area contributed by atoms with Crippen LogP contribution in [-0.2, 0) is 22.4 Å². The molecular formula is C20H17F6N3O2S. The SMILES string of the molecule is CC(C)c1ccc(C(F)(F)F)c(-c2cc(C(F)(F)F)nn2-c2ccc(S(N)(=O)=O)cc2)c1. The molecular weight excluding hydrogens is 460 g/mol. The summed E-state index contributed by atoms with van der Waals surface area (Å²) in [5, 5.41) is 8.48. The maximum absolute atomic E-state index is 13.7. The Labute approximate surface area is 179 Å². The molecule has 2 aromatic carbocycles. The fourth-order valence-corrected chi connectivity index (χ4v) is 3.58. The molecule has 32 heavy (non-hydrogen) atoms. The van der Waals surface area contributed by atoms with Crippen LogP contribution < -0.4 is 5.14 Å². The predicted octanol–water partition coefficient (Wildman–Crippen LogP) is 5.35. The van der Waals surface area contributed by atoms with Crippen molar-refractivity contribution in [3.05, 3.63) is 65.4 Å². The summed E-state index contributed by atoms with van der Waals surface area (Å²) in [4.78, 5) is -0.316. The first-order valence-electron chi connectivity index (χ1n) is 9.11. The fourth-order valence-electron chi connectivity index (χ4n) is 3.07. The van der Waals surface area contributed by atoms with Gasteiger partial charge in [-0.3, -0.25) is 0 Å². The smallest absolute Gasteiger partial charge is 0.232 e. The van der Waals surface area contributed by atoms with Crippen molar-refractivity contribution in [3.63, 3.8) is 0 Å². The Bertz CT molecular complexity index is 1240. The lowest BCUT2D eigenvalue weighted by Gasteiger charge is -2.17. The molecule has 0 fully saturated rings. The van der Waals surface area contributed by atoms with Crippen molar-refractivity contribution in [2.75, 3.05) is 0 Å². The third kappa shape index (κ3) is 4.80. The molecule has 5 nitrogen and oxygen atoms in total. The molecule has 0 atom stereocenters. The first-order valence-corrected chi connectivity index (χ1v) is 10.7. The Morgan fingerprint density at radius 3 is 1.97 bits per heavy atom. The van der Waals surface area contributed by atoms with E-state index in [0.29, 0.717) is 16.3 Å². The monoisotopic (exact) mass is 477 g/mol. The maximum Gasteiger partial charge on any atom is 0.435 e. The molecule has 172 valence electrons. The molecule has 0 saturated heterocycles. The molecule has 0 spiro atoms. The number of benzene rings is 2. The molecule has 1 heterocycles. The first kappa shape index (κ1) is 23.8. The number of alkyl halides is 6. The van der Waals surface area contributed by atoms with Gasteiger partial charge in [-0.2, -0.15) is 31.4 Å². The van der Waals surface area contributed by atoms with Crippen molar-refractivity contribution in [3.8, 4) is 16.9 Å². The van der Waals surface area contributed by atoms with Gasteiger partial charge < -0.3 is 0 Å². The third-order valence-corrected chi connectivity index (χ3v) is 5.63. The van der Waals surface area contributed by atoms with Crippen LogP contribution in [0.25, 0.3) is 16.9 Å². The van der Waals surface area contributed by atoms with E-state index in [9.17, 15) is 34.8 Å². The van der Waals surface area contributed by atoms with Gasteiger partial charge in [0, 0.05) is 5.56 Å². The third-order valence-electron chi connectivity index (χ3n) is 4.70. The van der Waals surface area contributed by atoms with Crippen LogP contribution in [0.1, 0.15) is 36.6 Å². The van der Waals surface area contributed by atoms with Gasteiger partial charge in [-0.25, -0.2) is 18.2 Å². The Hall–Kier alpha value is -2.86. The Balaban J connectivity index is 2.32. The zero-order valence-corrected chi connectivity index (χ0v) is 17.5. The number of hydrogen-bond donors (Lipinski definition) is 1. The van der Waals surface area contributed by atoms with Gasteiger partial charge in [-0.1, -0.05) is 19.9 Å². The van der Waals surface area contributed by atoms with Gasteiger partial charge >= 0.3 is 12.4 Å². The van der Waals surface area contributed by atoms with E-state index in [1.807, 2.05) is 0 Å². The number of primary sulfonamides is 1. The van der Waals surface area contributed by atoms with E-state index >= 15 is 0 Å². The van der Waals surface area contributed by atoms with Gasteiger partial charge in [0.2, 0.25) is 10.0 Å². The summed E-state index contributed by atoms with van der Waals surface area (Å²) in [6, 6.07) is 8.06. The molecule has 3 rings (SSSR count). The first-order chi connectivity index (χ1) is 14.6. The van der Waals surface area contributed by atoms with Crippen molar-refractivity contribution in [1.82, 2.24) is 9.78 Å². The van der Waals surface area contributed by atoms with Crippen LogP contribution in [0.4, 0.5) is 26.3 Å². The zero-order valence-electron chi connectivity index (χ0n) is 16.7. The number of halogens is 6. The highest BCUT2D eigenvalue weighted by Gasteiger charge is 2.38. The number of nitrogens with two attached hydrogens (primary N) is 1. The second-order valence-electron chi connectivity index (χ2n) is 7.32. The number of nitrogens with zero attached hydrogens (tertiary/aromatic N) is 2. The van der Waals surface area contributed by atoms with Gasteiger partial charge in [0.1, 0.15) is 0 Å². The lowest BCUT2D eigenvalue weighted by Crippen LogP contribution is -2.12. The van der Waals surface area contributed by atoms with Gasteiger partial charge in [-0.15, -0.1) is 0 Å². The highest BCUT2D eigenvalue weighted by Crippen LogP contribution is 2.41. The van der Waals surface area contributed by atoms with Gasteiger partial charge in [0.05, 0.1) is 21.8 Å². The standard InChI is InChI=1S/C20H17F6N3O2S/c1-11(2)12-3-8-16(19(21,22)23)15(9-12)17-10-18(20(24,25)26)28-29(17)13-4-6-14(7-5-13)32(27,30)31/h3-11H,1-2H3,(H2,27,30,31). The lowest BCUT2D eigenvalue weighted by molar-refractivity contribution is -0.141. The predicted molar refractivity (Wildman–Crippen MR) is 104 cm³/mol. The summed E-state index contributed by atoms with van der Waals surface area (Å²) in [6.07, 6.45) is -9.76. The van der Waals surface area contributed by atoms with Gasteiger partial charge in [0.15, 0.2) is 5.69 Å². The minimum atomic E-state index is -4.92. The van der Waals surface area contributed by atoms with Crippen molar-refractivity contribution in [2.45, 2.75) is 37.0 Å². The van der Waals surface area contributed by atoms with Crippen LogP contribution in [0.15, 0.2) is 53.4 Å². The van der Waals surface area contributed by atoms with Crippen molar-refractivity contribution >= 4 is 10.0 Å². The summed E-state index contributed by atoms with van der Waals surface area (Å²) in [5.41, 5.74) is -3.05. The van der Waals surface area contributed by atoms with E-state index in [1.165, 1.54) is 12.1 Å². The van der Waals surface area contributed by atoms with Gasteiger partial charge in [-0.05, 0) is 53.9 Å². The van der Waals surface area contributed by atoms with E-state index < -0.39 is 44.9 Å². The molecule has 3 aromatic rings. The molecule has 0 aliphatic heterocycles. The average molecular weight is 477 g/mol. The average Bonchev–Trinajstić information content (AvgIpc) is 3.12. The topological polar surface area (TPSA) is 78.0 Å². The second-order valence-corrected chi connectivity index (χ2v) is 8.88. The fraction of sp³-hybridized carbons (Fsp3) is 0.250. The van der Waals surface area contributed by atoms with Crippen molar-refractivity contribution < 1.29 is 34.8 Å². The Kier molecular flexibility index (Phi) is 5.89. The van der Waals surface area contributed by atoms with Crippen LogP contribution in [0.5, 0.6) is 0 Å². The highest BCUT2D eigenvalue weighted by atomic mass is 32.2. The molecule has 0 radical (unpaired) electrons. The molecule has 1 aromatic heterocycles. The zero-order chi connectivity index (χ0) is 24.1. The summed E-state index contributed by atoms with van der Waals surface area (Å²) in [5.74, 6) is -0.191. The molecule has 0 aliphatic rings. The van der Waals surface area contributed by atoms with Crippen LogP contribution in [0, 0.1) is 0 Å². The van der Waals surface area contributed by atoms with Crippen molar-refractivity contribution in [1.29, 1.82) is 0 Å². The number of rotatable bonds is 4. The molecule has 12 heteroatoms. The summed E-state index contributed by atoms with van der Waals surface area (Å²) in [7, 11) is -4.08. The van der Waals surface area contributed by atoms with E-state index in [0.717, 1.165) is 30.3 Å². The maximum atomic E-state index is 13.7. The lowest BCUT2D eigenvalue weighted by atomic mass is 9.95. The van der Waals surface area contributed by atoms with Crippen LogP contribution in [0.2, 0.25) is 0 Å².